The van der Waals surface area contributed by atoms with Crippen molar-refractivity contribution in [1.29, 1.82) is 0 Å². The Morgan fingerprint density at radius 2 is 2.06 bits per heavy atom. The van der Waals surface area contributed by atoms with Gasteiger partial charge in [0.15, 0.2) is 5.78 Å². The molecule has 0 saturated carbocycles. The van der Waals surface area contributed by atoms with E-state index in [1.165, 1.54) is 5.56 Å². The molecule has 0 radical (unpaired) electrons. The van der Waals surface area contributed by atoms with Gasteiger partial charge in [-0.1, -0.05) is 31.2 Å². The second-order valence-electron chi connectivity index (χ2n) is 4.25. The van der Waals surface area contributed by atoms with Crippen molar-refractivity contribution in [2.24, 2.45) is 0 Å². The fraction of sp³-hybridized carbons (Fsp3) is 0.500. The predicted molar refractivity (Wildman–Crippen MR) is 67.6 cm³/mol. The van der Waals surface area contributed by atoms with Gasteiger partial charge >= 0.3 is 0 Å². The summed E-state index contributed by atoms with van der Waals surface area (Å²) in [6.45, 7) is 7.00. The molecule has 0 spiro atoms. The molecule has 0 saturated heterocycles. The van der Waals surface area contributed by atoms with Crippen LogP contribution >= 0.6 is 0 Å². The molecule has 0 aliphatic carbocycles. The second kappa shape index (κ2) is 6.44. The minimum absolute atomic E-state index is 0.0421. The third-order valence-electron chi connectivity index (χ3n) is 2.81. The standard InChI is InChI=1S/C14H21NO/c1-4-9-15-12(3)14(16)10-13-8-6-5-7-11(13)2/h5-8,12,15H,4,9-10H2,1-3H3. The molecular formula is C14H21NO. The number of aryl methyl sites for hydroxylation is 1. The minimum Gasteiger partial charge on any atom is -0.308 e. The van der Waals surface area contributed by atoms with Crippen LogP contribution in [0.4, 0.5) is 0 Å². The van der Waals surface area contributed by atoms with E-state index in [1.54, 1.807) is 0 Å². The summed E-state index contributed by atoms with van der Waals surface area (Å²) in [7, 11) is 0. The van der Waals surface area contributed by atoms with Gasteiger partial charge in [0.2, 0.25) is 0 Å². The summed E-state index contributed by atoms with van der Waals surface area (Å²) in [4.78, 5) is 11.9. The van der Waals surface area contributed by atoms with E-state index in [1.807, 2.05) is 38.1 Å². The summed E-state index contributed by atoms with van der Waals surface area (Å²) in [5.74, 6) is 0.266. The van der Waals surface area contributed by atoms with Crippen molar-refractivity contribution in [2.45, 2.75) is 39.7 Å². The Hall–Kier alpha value is -1.15. The summed E-state index contributed by atoms with van der Waals surface area (Å²) >= 11 is 0. The minimum atomic E-state index is -0.0421. The third-order valence-corrected chi connectivity index (χ3v) is 2.81. The quantitative estimate of drug-likeness (QED) is 0.796. The SMILES string of the molecule is CCCNC(C)C(=O)Cc1ccccc1C. The van der Waals surface area contributed by atoms with E-state index < -0.39 is 0 Å². The average molecular weight is 219 g/mol. The van der Waals surface area contributed by atoms with Crippen molar-refractivity contribution in [3.63, 3.8) is 0 Å². The molecule has 0 aromatic heterocycles. The van der Waals surface area contributed by atoms with Gasteiger partial charge in [0.05, 0.1) is 6.04 Å². The van der Waals surface area contributed by atoms with Gasteiger partial charge in [-0.25, -0.2) is 0 Å². The molecule has 0 aliphatic heterocycles. The molecule has 0 bridgehead atoms. The van der Waals surface area contributed by atoms with Crippen LogP contribution in [-0.4, -0.2) is 18.4 Å². The first-order chi connectivity index (χ1) is 7.65. The van der Waals surface area contributed by atoms with Crippen molar-refractivity contribution < 1.29 is 4.79 Å². The fourth-order valence-electron chi connectivity index (χ4n) is 1.62. The van der Waals surface area contributed by atoms with Gasteiger partial charge in [0.1, 0.15) is 0 Å². The average Bonchev–Trinajstić information content (AvgIpc) is 2.28. The molecule has 0 amide bonds. The van der Waals surface area contributed by atoms with Gasteiger partial charge in [0.25, 0.3) is 0 Å². The van der Waals surface area contributed by atoms with E-state index in [2.05, 4.69) is 12.2 Å². The van der Waals surface area contributed by atoms with Crippen LogP contribution in [0, 0.1) is 6.92 Å². The topological polar surface area (TPSA) is 29.1 Å². The highest BCUT2D eigenvalue weighted by atomic mass is 16.1. The molecule has 1 N–H and O–H groups in total. The molecular weight excluding hydrogens is 198 g/mol. The van der Waals surface area contributed by atoms with Crippen molar-refractivity contribution >= 4 is 5.78 Å². The second-order valence-corrected chi connectivity index (χ2v) is 4.25. The van der Waals surface area contributed by atoms with Gasteiger partial charge < -0.3 is 5.32 Å². The van der Waals surface area contributed by atoms with Gasteiger partial charge in [-0.15, -0.1) is 0 Å². The van der Waals surface area contributed by atoms with Crippen molar-refractivity contribution in [1.82, 2.24) is 5.32 Å². The van der Waals surface area contributed by atoms with E-state index in [9.17, 15) is 4.79 Å². The molecule has 1 atom stereocenters. The number of Topliss-reactive ketones (excluding diaryl/α,β-unsaturated/α-hetero) is 1. The monoisotopic (exact) mass is 219 g/mol. The van der Waals surface area contributed by atoms with Crippen LogP contribution < -0.4 is 5.32 Å². The first-order valence-corrected chi connectivity index (χ1v) is 5.95. The molecule has 2 heteroatoms. The zero-order chi connectivity index (χ0) is 12.0. The molecule has 2 nitrogen and oxygen atoms in total. The van der Waals surface area contributed by atoms with Gasteiger partial charge in [-0.05, 0) is 37.9 Å². The fourth-order valence-corrected chi connectivity index (χ4v) is 1.62. The summed E-state index contributed by atoms with van der Waals surface area (Å²) in [6.07, 6.45) is 1.59. The highest BCUT2D eigenvalue weighted by Gasteiger charge is 2.12. The number of nitrogens with one attached hydrogen (secondary N) is 1. The summed E-state index contributed by atoms with van der Waals surface area (Å²) in [6, 6.07) is 8.02. The van der Waals surface area contributed by atoms with E-state index >= 15 is 0 Å². The van der Waals surface area contributed by atoms with Crippen LogP contribution in [0.25, 0.3) is 0 Å². The molecule has 16 heavy (non-hydrogen) atoms. The Kier molecular flexibility index (Phi) is 5.20. The third kappa shape index (κ3) is 3.78. The molecule has 0 heterocycles. The number of carbonyl (C=O) groups excluding carboxylic acids is 1. The molecule has 1 rings (SSSR count). The Balaban J connectivity index is 2.54. The van der Waals surface area contributed by atoms with E-state index in [0.717, 1.165) is 18.5 Å². The van der Waals surface area contributed by atoms with Gasteiger partial charge in [0, 0.05) is 6.42 Å². The van der Waals surface area contributed by atoms with E-state index in [-0.39, 0.29) is 11.8 Å². The smallest absolute Gasteiger partial charge is 0.153 e. The van der Waals surface area contributed by atoms with Crippen LogP contribution in [0.5, 0.6) is 0 Å². The number of hydrogen-bond donors (Lipinski definition) is 1. The lowest BCUT2D eigenvalue weighted by Crippen LogP contribution is -2.35. The number of ketones is 1. The largest absolute Gasteiger partial charge is 0.308 e. The maximum absolute atomic E-state index is 11.9. The van der Waals surface area contributed by atoms with Crippen LogP contribution in [0.2, 0.25) is 0 Å². The van der Waals surface area contributed by atoms with Crippen LogP contribution in [0.1, 0.15) is 31.4 Å². The molecule has 1 unspecified atom stereocenters. The number of rotatable bonds is 6. The molecule has 1 aromatic rings. The highest BCUT2D eigenvalue weighted by Crippen LogP contribution is 2.08. The summed E-state index contributed by atoms with van der Waals surface area (Å²) in [5, 5.41) is 3.22. The molecule has 0 fully saturated rings. The van der Waals surface area contributed by atoms with Crippen LogP contribution in [-0.2, 0) is 11.2 Å². The maximum Gasteiger partial charge on any atom is 0.153 e. The first-order valence-electron chi connectivity index (χ1n) is 5.95. The summed E-state index contributed by atoms with van der Waals surface area (Å²) in [5.41, 5.74) is 2.33. The van der Waals surface area contributed by atoms with E-state index in [4.69, 9.17) is 0 Å². The molecule has 1 aromatic carbocycles. The number of carbonyl (C=O) groups is 1. The van der Waals surface area contributed by atoms with Crippen LogP contribution in [0.15, 0.2) is 24.3 Å². The number of hydrogen-bond acceptors (Lipinski definition) is 2. The zero-order valence-corrected chi connectivity index (χ0v) is 10.4. The Morgan fingerprint density at radius 1 is 1.38 bits per heavy atom. The van der Waals surface area contributed by atoms with Gasteiger partial charge in [-0.2, -0.15) is 0 Å². The lowest BCUT2D eigenvalue weighted by Gasteiger charge is -2.12. The Morgan fingerprint density at radius 3 is 2.69 bits per heavy atom. The van der Waals surface area contributed by atoms with Crippen molar-refractivity contribution in [2.75, 3.05) is 6.54 Å². The lowest BCUT2D eigenvalue weighted by molar-refractivity contribution is -0.120. The molecule has 0 aliphatic rings. The zero-order valence-electron chi connectivity index (χ0n) is 10.4. The van der Waals surface area contributed by atoms with Crippen LogP contribution in [0.3, 0.4) is 0 Å². The number of benzene rings is 1. The van der Waals surface area contributed by atoms with Crippen molar-refractivity contribution in [3.8, 4) is 0 Å². The summed E-state index contributed by atoms with van der Waals surface area (Å²) < 4.78 is 0. The van der Waals surface area contributed by atoms with Gasteiger partial charge in [-0.3, -0.25) is 4.79 Å². The Bertz CT molecular complexity index is 346. The van der Waals surface area contributed by atoms with Crippen molar-refractivity contribution in [3.05, 3.63) is 35.4 Å². The van der Waals surface area contributed by atoms with E-state index in [0.29, 0.717) is 6.42 Å². The Labute approximate surface area is 98.1 Å². The first kappa shape index (κ1) is 12.9. The molecule has 88 valence electrons. The normalized spacial score (nSPS) is 12.4. The predicted octanol–water partition coefficient (Wildman–Crippen LogP) is 2.49. The highest BCUT2D eigenvalue weighted by molar-refractivity contribution is 5.85. The lowest BCUT2D eigenvalue weighted by atomic mass is 10.0. The maximum atomic E-state index is 11.9.